The molecule has 0 saturated heterocycles. The summed E-state index contributed by atoms with van der Waals surface area (Å²) >= 11 is 3.99. The standard InChI is InChI=1S/C9H12FNOS/c1-12-9-3-2-8(10)4-7(9)5-11-6-13/h2-4,11,13H,5-6H2,1H3. The van der Waals surface area contributed by atoms with Crippen LogP contribution < -0.4 is 10.1 Å². The zero-order valence-corrected chi connectivity index (χ0v) is 8.27. The van der Waals surface area contributed by atoms with Crippen molar-refractivity contribution in [3.8, 4) is 5.75 Å². The topological polar surface area (TPSA) is 21.3 Å². The second-order valence-electron chi connectivity index (χ2n) is 2.54. The van der Waals surface area contributed by atoms with Crippen LogP contribution in [0.5, 0.6) is 5.75 Å². The lowest BCUT2D eigenvalue weighted by molar-refractivity contribution is 0.407. The highest BCUT2D eigenvalue weighted by Crippen LogP contribution is 2.18. The summed E-state index contributed by atoms with van der Waals surface area (Å²) in [7, 11) is 1.57. The number of hydrogen-bond donors (Lipinski definition) is 2. The minimum Gasteiger partial charge on any atom is -0.496 e. The normalized spacial score (nSPS) is 10.1. The number of thiol groups is 1. The van der Waals surface area contributed by atoms with Gasteiger partial charge in [0.25, 0.3) is 0 Å². The highest BCUT2D eigenvalue weighted by molar-refractivity contribution is 7.80. The first-order valence-corrected chi connectivity index (χ1v) is 4.55. The van der Waals surface area contributed by atoms with E-state index in [4.69, 9.17) is 4.74 Å². The maximum atomic E-state index is 12.8. The number of rotatable bonds is 4. The summed E-state index contributed by atoms with van der Waals surface area (Å²) in [6, 6.07) is 4.45. The van der Waals surface area contributed by atoms with Gasteiger partial charge in [-0.2, -0.15) is 12.6 Å². The Balaban J connectivity index is 2.81. The van der Waals surface area contributed by atoms with Crippen molar-refractivity contribution < 1.29 is 9.13 Å². The number of halogens is 1. The Morgan fingerprint density at radius 1 is 1.54 bits per heavy atom. The van der Waals surface area contributed by atoms with Crippen LogP contribution in [0.3, 0.4) is 0 Å². The largest absolute Gasteiger partial charge is 0.496 e. The highest BCUT2D eigenvalue weighted by atomic mass is 32.1. The van der Waals surface area contributed by atoms with Gasteiger partial charge in [0.15, 0.2) is 0 Å². The second kappa shape index (κ2) is 5.09. The molecule has 72 valence electrons. The average molecular weight is 201 g/mol. The van der Waals surface area contributed by atoms with Gasteiger partial charge in [0.1, 0.15) is 11.6 Å². The van der Waals surface area contributed by atoms with Crippen LogP contribution >= 0.6 is 12.6 Å². The van der Waals surface area contributed by atoms with Gasteiger partial charge in [-0.3, -0.25) is 0 Å². The molecule has 0 radical (unpaired) electrons. The van der Waals surface area contributed by atoms with E-state index in [1.165, 1.54) is 12.1 Å². The molecule has 1 N–H and O–H groups in total. The van der Waals surface area contributed by atoms with Crippen molar-refractivity contribution in [1.82, 2.24) is 5.32 Å². The Labute approximate surface area is 82.5 Å². The highest BCUT2D eigenvalue weighted by Gasteiger charge is 2.02. The van der Waals surface area contributed by atoms with Gasteiger partial charge in [0, 0.05) is 18.0 Å². The van der Waals surface area contributed by atoms with Crippen molar-refractivity contribution in [3.63, 3.8) is 0 Å². The molecule has 1 rings (SSSR count). The summed E-state index contributed by atoms with van der Waals surface area (Å²) in [6.07, 6.45) is 0. The smallest absolute Gasteiger partial charge is 0.123 e. The van der Waals surface area contributed by atoms with Crippen LogP contribution in [-0.4, -0.2) is 13.0 Å². The predicted octanol–water partition coefficient (Wildman–Crippen LogP) is 1.81. The van der Waals surface area contributed by atoms with Crippen molar-refractivity contribution in [2.75, 3.05) is 13.0 Å². The number of benzene rings is 1. The maximum absolute atomic E-state index is 12.8. The summed E-state index contributed by atoms with van der Waals surface area (Å²) in [6.45, 7) is 0.560. The van der Waals surface area contributed by atoms with Crippen LogP contribution in [-0.2, 0) is 6.54 Å². The van der Waals surface area contributed by atoms with Gasteiger partial charge < -0.3 is 10.1 Å². The SMILES string of the molecule is COc1ccc(F)cc1CNCS. The Morgan fingerprint density at radius 3 is 2.92 bits per heavy atom. The summed E-state index contributed by atoms with van der Waals surface area (Å²) in [5.74, 6) is 0.993. The summed E-state index contributed by atoms with van der Waals surface area (Å²) in [5.41, 5.74) is 0.802. The third-order valence-electron chi connectivity index (χ3n) is 1.67. The summed E-state index contributed by atoms with van der Waals surface area (Å²) in [4.78, 5) is 0. The molecule has 0 aliphatic carbocycles. The van der Waals surface area contributed by atoms with Gasteiger partial charge in [-0.05, 0) is 18.2 Å². The Morgan fingerprint density at radius 2 is 2.31 bits per heavy atom. The molecule has 13 heavy (non-hydrogen) atoms. The molecule has 0 spiro atoms. The van der Waals surface area contributed by atoms with Crippen molar-refractivity contribution >= 4 is 12.6 Å². The lowest BCUT2D eigenvalue weighted by atomic mass is 10.2. The molecule has 0 aliphatic heterocycles. The third kappa shape index (κ3) is 2.90. The fraction of sp³-hybridized carbons (Fsp3) is 0.333. The van der Waals surface area contributed by atoms with Crippen LogP contribution in [0.15, 0.2) is 18.2 Å². The maximum Gasteiger partial charge on any atom is 0.123 e. The van der Waals surface area contributed by atoms with Gasteiger partial charge in [0.05, 0.1) is 7.11 Å². The van der Waals surface area contributed by atoms with Gasteiger partial charge in [-0.1, -0.05) is 0 Å². The Hall–Kier alpha value is -0.740. The van der Waals surface area contributed by atoms with Crippen LogP contribution in [0.1, 0.15) is 5.56 Å². The first-order valence-electron chi connectivity index (χ1n) is 3.92. The summed E-state index contributed by atoms with van der Waals surface area (Å²) in [5, 5.41) is 2.98. The molecule has 0 fully saturated rings. The van der Waals surface area contributed by atoms with E-state index >= 15 is 0 Å². The van der Waals surface area contributed by atoms with Crippen LogP contribution in [0, 0.1) is 5.82 Å². The van der Waals surface area contributed by atoms with E-state index in [0.717, 1.165) is 5.56 Å². The van der Waals surface area contributed by atoms with Crippen LogP contribution in [0.4, 0.5) is 4.39 Å². The predicted molar refractivity (Wildman–Crippen MR) is 53.6 cm³/mol. The molecular formula is C9H12FNOS. The number of hydrogen-bond acceptors (Lipinski definition) is 3. The quantitative estimate of drug-likeness (QED) is 0.572. The van der Waals surface area contributed by atoms with E-state index in [-0.39, 0.29) is 5.82 Å². The average Bonchev–Trinajstić information content (AvgIpc) is 2.15. The van der Waals surface area contributed by atoms with Crippen molar-refractivity contribution in [2.45, 2.75) is 6.54 Å². The molecule has 2 nitrogen and oxygen atoms in total. The molecule has 0 aliphatic rings. The Bertz CT molecular complexity index is 280. The van der Waals surface area contributed by atoms with E-state index in [9.17, 15) is 4.39 Å². The molecule has 4 heteroatoms. The third-order valence-corrected chi connectivity index (χ3v) is 1.89. The fourth-order valence-corrected chi connectivity index (χ4v) is 1.19. The fourth-order valence-electron chi connectivity index (χ4n) is 1.08. The zero-order chi connectivity index (χ0) is 9.68. The number of ether oxygens (including phenoxy) is 1. The molecular weight excluding hydrogens is 189 g/mol. The van der Waals surface area contributed by atoms with Crippen molar-refractivity contribution in [1.29, 1.82) is 0 Å². The van der Waals surface area contributed by atoms with Gasteiger partial charge >= 0.3 is 0 Å². The van der Waals surface area contributed by atoms with E-state index in [2.05, 4.69) is 17.9 Å². The molecule has 0 unspecified atom stereocenters. The molecule has 0 heterocycles. The van der Waals surface area contributed by atoms with E-state index < -0.39 is 0 Å². The number of methoxy groups -OCH3 is 1. The Kier molecular flexibility index (Phi) is 4.05. The van der Waals surface area contributed by atoms with E-state index in [0.29, 0.717) is 18.2 Å². The first kappa shape index (κ1) is 10.3. The van der Waals surface area contributed by atoms with Gasteiger partial charge in [-0.25, -0.2) is 4.39 Å². The minimum absolute atomic E-state index is 0.253. The van der Waals surface area contributed by atoms with Gasteiger partial charge in [-0.15, -0.1) is 0 Å². The second-order valence-corrected chi connectivity index (χ2v) is 2.86. The minimum atomic E-state index is -0.253. The van der Waals surface area contributed by atoms with Crippen molar-refractivity contribution in [2.24, 2.45) is 0 Å². The monoisotopic (exact) mass is 201 g/mol. The lowest BCUT2D eigenvalue weighted by Gasteiger charge is -2.08. The lowest BCUT2D eigenvalue weighted by Crippen LogP contribution is -2.11. The molecule has 1 aromatic rings. The molecule has 0 saturated carbocycles. The van der Waals surface area contributed by atoms with E-state index in [1.807, 2.05) is 0 Å². The molecule has 1 aromatic carbocycles. The molecule has 0 atom stereocenters. The van der Waals surface area contributed by atoms with E-state index in [1.54, 1.807) is 13.2 Å². The molecule has 0 bridgehead atoms. The van der Waals surface area contributed by atoms with Crippen LogP contribution in [0.25, 0.3) is 0 Å². The van der Waals surface area contributed by atoms with Crippen molar-refractivity contribution in [3.05, 3.63) is 29.6 Å². The first-order chi connectivity index (χ1) is 6.27. The molecule has 0 aromatic heterocycles. The molecule has 0 amide bonds. The van der Waals surface area contributed by atoms with Gasteiger partial charge in [0.2, 0.25) is 0 Å². The zero-order valence-electron chi connectivity index (χ0n) is 7.38. The summed E-state index contributed by atoms with van der Waals surface area (Å²) < 4.78 is 17.9. The number of nitrogens with one attached hydrogen (secondary N) is 1. The van der Waals surface area contributed by atoms with Crippen LogP contribution in [0.2, 0.25) is 0 Å².